The van der Waals surface area contributed by atoms with Gasteiger partial charge in [-0.15, -0.1) is 0 Å². The van der Waals surface area contributed by atoms with Gasteiger partial charge in [0.25, 0.3) is 0 Å². The van der Waals surface area contributed by atoms with E-state index in [0.717, 1.165) is 19.6 Å². The number of likely N-dealkylation sites (N-methyl/N-ethyl adjacent to an activating group) is 1. The zero-order valence-electron chi connectivity index (χ0n) is 8.75. The summed E-state index contributed by atoms with van der Waals surface area (Å²) in [6.45, 7) is 7.83. The largest absolute Gasteiger partial charge is 0.472 e. The first-order chi connectivity index (χ1) is 6.70. The van der Waals surface area contributed by atoms with E-state index in [9.17, 15) is 4.79 Å². The number of carboxylic acid groups (broad SMARTS) is 1. The Morgan fingerprint density at radius 1 is 1.43 bits per heavy atom. The molecule has 0 aromatic rings. The Morgan fingerprint density at radius 3 is 2.57 bits per heavy atom. The standard InChI is InChI=1S/C10H17NO3/c1-3-11(4-2)7-9-14-8-5-6-10(12)13/h3-4,7-9H2,1-2H3,(H,12,13). The number of hydrogen-bond acceptors (Lipinski definition) is 3. The van der Waals surface area contributed by atoms with Crippen molar-refractivity contribution < 1.29 is 14.6 Å². The van der Waals surface area contributed by atoms with Crippen molar-refractivity contribution in [3.63, 3.8) is 0 Å². The molecule has 0 aliphatic heterocycles. The fourth-order valence-electron chi connectivity index (χ4n) is 0.968. The molecule has 0 radical (unpaired) electrons. The lowest BCUT2D eigenvalue weighted by Crippen LogP contribution is -2.27. The average molecular weight is 199 g/mol. The molecular formula is C10H17NO3. The van der Waals surface area contributed by atoms with Gasteiger partial charge in [-0.2, -0.15) is 0 Å². The summed E-state index contributed by atoms with van der Waals surface area (Å²) in [6.07, 6.45) is 0. The lowest BCUT2D eigenvalue weighted by molar-refractivity contribution is -0.130. The first-order valence-electron chi connectivity index (χ1n) is 4.72. The summed E-state index contributed by atoms with van der Waals surface area (Å²) in [7, 11) is 0. The fraction of sp³-hybridized carbons (Fsp3) is 0.700. The van der Waals surface area contributed by atoms with E-state index in [-0.39, 0.29) is 6.61 Å². The van der Waals surface area contributed by atoms with Gasteiger partial charge < -0.3 is 14.7 Å². The fourth-order valence-corrected chi connectivity index (χ4v) is 0.968. The monoisotopic (exact) mass is 199 g/mol. The minimum absolute atomic E-state index is 0.188. The van der Waals surface area contributed by atoms with Gasteiger partial charge in [0.2, 0.25) is 0 Å². The third-order valence-electron chi connectivity index (χ3n) is 1.82. The van der Waals surface area contributed by atoms with Crippen LogP contribution in [0.2, 0.25) is 0 Å². The van der Waals surface area contributed by atoms with Crippen LogP contribution in [0, 0.1) is 11.8 Å². The van der Waals surface area contributed by atoms with Gasteiger partial charge in [-0.25, -0.2) is 4.79 Å². The van der Waals surface area contributed by atoms with E-state index < -0.39 is 5.97 Å². The molecule has 4 nitrogen and oxygen atoms in total. The molecule has 0 fully saturated rings. The van der Waals surface area contributed by atoms with E-state index in [4.69, 9.17) is 9.84 Å². The molecule has 14 heavy (non-hydrogen) atoms. The molecule has 0 aromatic heterocycles. The highest BCUT2D eigenvalue weighted by molar-refractivity contribution is 5.86. The van der Waals surface area contributed by atoms with Crippen molar-refractivity contribution >= 4 is 5.97 Å². The molecule has 0 rings (SSSR count). The molecule has 0 heterocycles. The molecule has 0 atom stereocenters. The first-order valence-corrected chi connectivity index (χ1v) is 4.72. The van der Waals surface area contributed by atoms with Crippen LogP contribution in [0.5, 0.6) is 0 Å². The number of ether oxygens (including phenoxy) is 1. The highest BCUT2D eigenvalue weighted by Crippen LogP contribution is 1.86. The summed E-state index contributed by atoms with van der Waals surface area (Å²) in [5, 5.41) is 8.20. The molecular weight excluding hydrogens is 182 g/mol. The zero-order valence-corrected chi connectivity index (χ0v) is 8.75. The molecule has 0 bridgehead atoms. The van der Waals surface area contributed by atoms with Gasteiger partial charge in [0, 0.05) is 12.5 Å². The van der Waals surface area contributed by atoms with Crippen LogP contribution in [0.15, 0.2) is 0 Å². The van der Waals surface area contributed by atoms with E-state index in [0.29, 0.717) is 6.61 Å². The van der Waals surface area contributed by atoms with E-state index in [1.807, 2.05) is 5.92 Å². The zero-order chi connectivity index (χ0) is 10.8. The normalized spacial score (nSPS) is 9.64. The number of aliphatic carboxylic acids is 1. The second-order valence-electron chi connectivity index (χ2n) is 2.69. The minimum Gasteiger partial charge on any atom is -0.472 e. The Hall–Kier alpha value is -1.05. The van der Waals surface area contributed by atoms with E-state index in [2.05, 4.69) is 24.7 Å². The molecule has 80 valence electrons. The third-order valence-corrected chi connectivity index (χ3v) is 1.82. The quantitative estimate of drug-likeness (QED) is 0.498. The van der Waals surface area contributed by atoms with Crippen molar-refractivity contribution in [3.8, 4) is 11.8 Å². The summed E-state index contributed by atoms with van der Waals surface area (Å²) in [5.74, 6) is 3.28. The van der Waals surface area contributed by atoms with Gasteiger partial charge in [0.15, 0.2) is 0 Å². The SMILES string of the molecule is CCN(CC)CCOCC#CC(=O)O. The molecule has 0 unspecified atom stereocenters. The molecule has 0 spiro atoms. The van der Waals surface area contributed by atoms with Crippen molar-refractivity contribution in [2.75, 3.05) is 32.8 Å². The van der Waals surface area contributed by atoms with Crippen LogP contribution in [0.25, 0.3) is 0 Å². The van der Waals surface area contributed by atoms with Crippen LogP contribution in [-0.2, 0) is 9.53 Å². The summed E-state index contributed by atoms with van der Waals surface area (Å²) in [5.41, 5.74) is 0. The minimum atomic E-state index is -1.11. The second-order valence-corrected chi connectivity index (χ2v) is 2.69. The van der Waals surface area contributed by atoms with Crippen LogP contribution in [0.3, 0.4) is 0 Å². The molecule has 1 N–H and O–H groups in total. The molecule has 0 aliphatic carbocycles. The molecule has 0 saturated carbocycles. The molecule has 0 aromatic carbocycles. The van der Waals surface area contributed by atoms with Gasteiger partial charge in [-0.3, -0.25) is 0 Å². The Labute approximate surface area is 84.9 Å². The van der Waals surface area contributed by atoms with Crippen molar-refractivity contribution in [2.45, 2.75) is 13.8 Å². The van der Waals surface area contributed by atoms with Crippen LogP contribution in [0.4, 0.5) is 0 Å². The maximum absolute atomic E-state index is 10.00. The summed E-state index contributed by atoms with van der Waals surface area (Å²) >= 11 is 0. The topological polar surface area (TPSA) is 49.8 Å². The lowest BCUT2D eigenvalue weighted by Gasteiger charge is -2.16. The number of hydrogen-bond donors (Lipinski definition) is 1. The van der Waals surface area contributed by atoms with Crippen molar-refractivity contribution in [1.82, 2.24) is 4.90 Å². The van der Waals surface area contributed by atoms with Crippen LogP contribution >= 0.6 is 0 Å². The Kier molecular flexibility index (Phi) is 7.90. The Morgan fingerprint density at radius 2 is 2.07 bits per heavy atom. The van der Waals surface area contributed by atoms with E-state index in [1.165, 1.54) is 0 Å². The second kappa shape index (κ2) is 8.54. The van der Waals surface area contributed by atoms with Crippen molar-refractivity contribution in [3.05, 3.63) is 0 Å². The van der Waals surface area contributed by atoms with Gasteiger partial charge in [-0.1, -0.05) is 19.8 Å². The number of carbonyl (C=O) groups is 1. The number of carboxylic acids is 1. The van der Waals surface area contributed by atoms with Gasteiger partial charge >= 0.3 is 5.97 Å². The first kappa shape index (κ1) is 12.9. The number of nitrogens with zero attached hydrogens (tertiary/aromatic N) is 1. The Bertz CT molecular complexity index is 213. The van der Waals surface area contributed by atoms with Gasteiger partial charge in [0.1, 0.15) is 6.61 Å². The Balaban J connectivity index is 3.38. The maximum atomic E-state index is 10.00. The summed E-state index contributed by atoms with van der Waals surface area (Å²) in [6, 6.07) is 0. The summed E-state index contributed by atoms with van der Waals surface area (Å²) < 4.78 is 5.14. The van der Waals surface area contributed by atoms with Crippen molar-refractivity contribution in [2.24, 2.45) is 0 Å². The molecule has 0 saturated heterocycles. The maximum Gasteiger partial charge on any atom is 0.381 e. The molecule has 0 aliphatic rings. The third kappa shape index (κ3) is 7.59. The van der Waals surface area contributed by atoms with E-state index >= 15 is 0 Å². The van der Waals surface area contributed by atoms with Crippen LogP contribution in [-0.4, -0.2) is 48.8 Å². The predicted molar refractivity (Wildman–Crippen MR) is 54.0 cm³/mol. The summed E-state index contributed by atoms with van der Waals surface area (Å²) in [4.78, 5) is 12.2. The van der Waals surface area contributed by atoms with Crippen LogP contribution < -0.4 is 0 Å². The van der Waals surface area contributed by atoms with Crippen molar-refractivity contribution in [1.29, 1.82) is 0 Å². The highest BCUT2D eigenvalue weighted by Gasteiger charge is 1.96. The predicted octanol–water partition coefficient (Wildman–Crippen LogP) is 0.433. The van der Waals surface area contributed by atoms with Crippen LogP contribution in [0.1, 0.15) is 13.8 Å². The van der Waals surface area contributed by atoms with E-state index in [1.54, 1.807) is 0 Å². The average Bonchev–Trinajstić information content (AvgIpc) is 2.16. The lowest BCUT2D eigenvalue weighted by atomic mass is 10.5. The molecule has 4 heteroatoms. The smallest absolute Gasteiger partial charge is 0.381 e. The highest BCUT2D eigenvalue weighted by atomic mass is 16.5. The van der Waals surface area contributed by atoms with Gasteiger partial charge in [0.05, 0.1) is 6.61 Å². The van der Waals surface area contributed by atoms with Gasteiger partial charge in [-0.05, 0) is 13.1 Å². The number of rotatable bonds is 6. The molecule has 0 amide bonds.